The first-order valence-electron chi connectivity index (χ1n) is 11.7. The highest BCUT2D eigenvalue weighted by Crippen LogP contribution is 2.39. The molecule has 0 N–H and O–H groups in total. The molecule has 1 aliphatic heterocycles. The quantitative estimate of drug-likeness (QED) is 0.433. The van der Waals surface area contributed by atoms with Crippen molar-refractivity contribution < 1.29 is 27.4 Å². The first-order valence-corrected chi connectivity index (χ1v) is 11.7. The van der Waals surface area contributed by atoms with Gasteiger partial charge in [0.2, 0.25) is 0 Å². The van der Waals surface area contributed by atoms with Crippen molar-refractivity contribution in [3.8, 4) is 5.75 Å². The lowest BCUT2D eigenvalue weighted by Gasteiger charge is -2.29. The second kappa shape index (κ2) is 10.7. The Bertz CT molecular complexity index is 961. The summed E-state index contributed by atoms with van der Waals surface area (Å²) in [5.74, 6) is -1.17. The summed E-state index contributed by atoms with van der Waals surface area (Å²) in [7, 11) is 1.46. The molecule has 3 nitrogen and oxygen atoms in total. The lowest BCUT2D eigenvalue weighted by molar-refractivity contribution is -0.159. The van der Waals surface area contributed by atoms with Crippen LogP contribution in [0.15, 0.2) is 43.0 Å². The fourth-order valence-electron chi connectivity index (χ4n) is 5.03. The molecule has 0 aromatic heterocycles. The minimum Gasteiger partial charge on any atom is -0.494 e. The molecule has 6 heteroatoms. The highest BCUT2D eigenvalue weighted by Gasteiger charge is 2.27. The van der Waals surface area contributed by atoms with Gasteiger partial charge in [0.15, 0.2) is 29.5 Å². The van der Waals surface area contributed by atoms with Crippen LogP contribution in [0.3, 0.4) is 0 Å². The van der Waals surface area contributed by atoms with E-state index in [1.165, 1.54) is 7.11 Å². The topological polar surface area (TPSA) is 27.7 Å². The molecule has 2 aromatic carbocycles. The van der Waals surface area contributed by atoms with Crippen molar-refractivity contribution in [2.24, 2.45) is 5.92 Å². The Morgan fingerprint density at radius 3 is 2.33 bits per heavy atom. The Balaban J connectivity index is 1.30. The first kappa shape index (κ1) is 23.8. The molecule has 1 saturated heterocycles. The van der Waals surface area contributed by atoms with Gasteiger partial charge in [0.25, 0.3) is 0 Å². The molecule has 1 saturated carbocycles. The molecule has 0 bridgehead atoms. The van der Waals surface area contributed by atoms with Crippen LogP contribution in [0.2, 0.25) is 0 Å². The van der Waals surface area contributed by atoms with E-state index in [1.54, 1.807) is 30.3 Å². The number of ether oxygens (including phenoxy) is 3. The Morgan fingerprint density at radius 2 is 1.70 bits per heavy atom. The number of rotatable bonds is 7. The van der Waals surface area contributed by atoms with Crippen LogP contribution in [-0.2, 0) is 15.9 Å². The van der Waals surface area contributed by atoms with E-state index in [-0.39, 0.29) is 30.7 Å². The second-order valence-electron chi connectivity index (χ2n) is 9.06. The average Bonchev–Trinajstić information content (AvgIpc) is 2.85. The molecule has 178 valence electrons. The van der Waals surface area contributed by atoms with Crippen LogP contribution in [0, 0.1) is 23.4 Å². The van der Waals surface area contributed by atoms with E-state index < -0.39 is 17.9 Å². The third-order valence-electron chi connectivity index (χ3n) is 7.06. The highest BCUT2D eigenvalue weighted by molar-refractivity contribution is 5.32. The number of aryl methyl sites for hydroxylation is 1. The van der Waals surface area contributed by atoms with Crippen molar-refractivity contribution in [2.75, 3.05) is 20.3 Å². The monoisotopic (exact) mass is 460 g/mol. The van der Waals surface area contributed by atoms with Gasteiger partial charge in [-0.15, -0.1) is 0 Å². The summed E-state index contributed by atoms with van der Waals surface area (Å²) in [5, 5.41) is 0. The summed E-state index contributed by atoms with van der Waals surface area (Å²) < 4.78 is 59.5. The Morgan fingerprint density at radius 1 is 0.970 bits per heavy atom. The van der Waals surface area contributed by atoms with Crippen LogP contribution >= 0.6 is 0 Å². The van der Waals surface area contributed by atoms with Crippen LogP contribution < -0.4 is 4.74 Å². The fourth-order valence-corrected chi connectivity index (χ4v) is 5.03. The largest absolute Gasteiger partial charge is 0.494 e. The average molecular weight is 461 g/mol. The Kier molecular flexibility index (Phi) is 7.76. The molecular formula is C27H31F3O3. The van der Waals surface area contributed by atoms with Crippen molar-refractivity contribution in [1.82, 2.24) is 0 Å². The number of hydrogen-bond donors (Lipinski definition) is 0. The van der Waals surface area contributed by atoms with E-state index >= 15 is 0 Å². The molecule has 2 aromatic rings. The zero-order valence-electron chi connectivity index (χ0n) is 19.0. The summed E-state index contributed by atoms with van der Waals surface area (Å²) in [6.07, 6.45) is 6.32. The van der Waals surface area contributed by atoms with Crippen LogP contribution in [0.25, 0.3) is 0 Å². The van der Waals surface area contributed by atoms with E-state index in [0.29, 0.717) is 29.4 Å². The molecule has 1 aliphatic carbocycles. The number of benzene rings is 2. The Hall–Kier alpha value is -2.31. The minimum atomic E-state index is -0.799. The van der Waals surface area contributed by atoms with Crippen LogP contribution in [0.4, 0.5) is 13.2 Å². The van der Waals surface area contributed by atoms with Gasteiger partial charge in [0.05, 0.1) is 20.3 Å². The molecule has 2 fully saturated rings. The zero-order valence-corrected chi connectivity index (χ0v) is 19.0. The Labute approximate surface area is 193 Å². The summed E-state index contributed by atoms with van der Waals surface area (Å²) in [6, 6.07) is 8.55. The van der Waals surface area contributed by atoms with Gasteiger partial charge in [0.1, 0.15) is 0 Å². The van der Waals surface area contributed by atoms with Gasteiger partial charge < -0.3 is 14.2 Å². The second-order valence-corrected chi connectivity index (χ2v) is 9.06. The van der Waals surface area contributed by atoms with Gasteiger partial charge in [-0.1, -0.05) is 24.8 Å². The predicted octanol–water partition coefficient (Wildman–Crippen LogP) is 6.66. The maximum Gasteiger partial charge on any atom is 0.176 e. The van der Waals surface area contributed by atoms with Crippen molar-refractivity contribution in [1.29, 1.82) is 0 Å². The van der Waals surface area contributed by atoms with E-state index in [9.17, 15) is 13.2 Å². The summed E-state index contributed by atoms with van der Waals surface area (Å²) >= 11 is 0. The third-order valence-corrected chi connectivity index (χ3v) is 7.06. The molecule has 1 heterocycles. The predicted molar refractivity (Wildman–Crippen MR) is 121 cm³/mol. The number of hydrogen-bond acceptors (Lipinski definition) is 3. The van der Waals surface area contributed by atoms with Gasteiger partial charge in [-0.25, -0.2) is 13.2 Å². The smallest absolute Gasteiger partial charge is 0.176 e. The molecule has 33 heavy (non-hydrogen) atoms. The molecular weight excluding hydrogens is 429 g/mol. The van der Waals surface area contributed by atoms with Gasteiger partial charge >= 0.3 is 0 Å². The highest BCUT2D eigenvalue weighted by atomic mass is 19.2. The lowest BCUT2D eigenvalue weighted by atomic mass is 9.77. The van der Waals surface area contributed by atoms with Crippen LogP contribution in [0.1, 0.15) is 60.6 Å². The fraction of sp³-hybridized carbons (Fsp3) is 0.481. The molecule has 0 unspecified atom stereocenters. The van der Waals surface area contributed by atoms with Crippen LogP contribution in [-0.4, -0.2) is 26.6 Å². The minimum absolute atomic E-state index is 0.261. The SMILES string of the molecule is C=CC1OCC(c2ccc(CCC3CCC(c4ccc(OC)c(F)c4)CC3)c(F)c2F)CO1. The van der Waals surface area contributed by atoms with Crippen LogP contribution in [0.5, 0.6) is 5.75 Å². The lowest BCUT2D eigenvalue weighted by Crippen LogP contribution is -2.30. The zero-order chi connectivity index (χ0) is 23.4. The molecule has 0 spiro atoms. The molecule has 0 atom stereocenters. The van der Waals surface area contributed by atoms with Gasteiger partial charge in [-0.3, -0.25) is 0 Å². The molecule has 2 aliphatic rings. The van der Waals surface area contributed by atoms with E-state index in [4.69, 9.17) is 14.2 Å². The molecule has 0 radical (unpaired) electrons. The maximum absolute atomic E-state index is 14.8. The third kappa shape index (κ3) is 5.44. The number of halogens is 3. The van der Waals surface area contributed by atoms with Gasteiger partial charge in [-0.2, -0.15) is 0 Å². The van der Waals surface area contributed by atoms with Crippen molar-refractivity contribution in [3.05, 3.63) is 77.1 Å². The van der Waals surface area contributed by atoms with Crippen molar-refractivity contribution in [3.63, 3.8) is 0 Å². The van der Waals surface area contributed by atoms with E-state index in [2.05, 4.69) is 6.58 Å². The van der Waals surface area contributed by atoms with Crippen molar-refractivity contribution in [2.45, 2.75) is 56.7 Å². The van der Waals surface area contributed by atoms with E-state index in [0.717, 1.165) is 37.7 Å². The summed E-state index contributed by atoms with van der Waals surface area (Å²) in [4.78, 5) is 0. The number of methoxy groups -OCH3 is 1. The normalized spacial score (nSPS) is 25.6. The van der Waals surface area contributed by atoms with Crippen molar-refractivity contribution >= 4 is 0 Å². The van der Waals surface area contributed by atoms with Gasteiger partial charge in [-0.05, 0) is 85.3 Å². The standard InChI is InChI=1S/C27H31F3O3/c1-3-25-32-15-21(16-33-25)22-12-10-19(26(29)27(22)30)9-6-17-4-7-18(8-5-17)20-11-13-24(31-2)23(28)14-20/h3,10-14,17-18,21,25H,1,4-9,15-16H2,2H3. The summed E-state index contributed by atoms with van der Waals surface area (Å²) in [5.41, 5.74) is 1.72. The van der Waals surface area contributed by atoms with E-state index in [1.807, 2.05) is 6.07 Å². The molecule has 4 rings (SSSR count). The first-order chi connectivity index (χ1) is 16.0. The maximum atomic E-state index is 14.8. The summed E-state index contributed by atoms with van der Waals surface area (Å²) in [6.45, 7) is 4.15. The molecule has 0 amide bonds. The van der Waals surface area contributed by atoms with Gasteiger partial charge in [0, 0.05) is 5.92 Å².